The molecular formula is C18H27NO3. The molecule has 0 aliphatic carbocycles. The summed E-state index contributed by atoms with van der Waals surface area (Å²) in [5, 5.41) is 0. The molecule has 1 fully saturated rings. The van der Waals surface area contributed by atoms with Gasteiger partial charge in [0, 0.05) is 31.7 Å². The zero-order valence-corrected chi connectivity index (χ0v) is 13.9. The van der Waals surface area contributed by atoms with Crippen molar-refractivity contribution in [1.82, 2.24) is 4.90 Å². The molecule has 0 N–H and O–H groups in total. The van der Waals surface area contributed by atoms with Crippen LogP contribution in [0.25, 0.3) is 0 Å². The van der Waals surface area contributed by atoms with Crippen molar-refractivity contribution in [2.24, 2.45) is 0 Å². The lowest BCUT2D eigenvalue weighted by Crippen LogP contribution is -2.47. The van der Waals surface area contributed by atoms with Crippen molar-refractivity contribution >= 4 is 5.91 Å². The lowest BCUT2D eigenvalue weighted by molar-refractivity contribution is -0.137. The fourth-order valence-corrected chi connectivity index (χ4v) is 3.05. The summed E-state index contributed by atoms with van der Waals surface area (Å²) in [6, 6.07) is 8.51. The third kappa shape index (κ3) is 4.47. The zero-order valence-electron chi connectivity index (χ0n) is 13.9. The van der Waals surface area contributed by atoms with Gasteiger partial charge in [-0.15, -0.1) is 0 Å². The minimum absolute atomic E-state index is 0.242. The van der Waals surface area contributed by atoms with E-state index in [1.165, 1.54) is 5.56 Å². The third-order valence-corrected chi connectivity index (χ3v) is 4.22. The number of hydrogen-bond acceptors (Lipinski definition) is 3. The Morgan fingerprint density at radius 1 is 1.27 bits per heavy atom. The number of carbonyl (C=O) groups excluding carboxylic acids is 1. The lowest BCUT2D eigenvalue weighted by Gasteiger charge is -2.37. The maximum absolute atomic E-state index is 12.6. The molecule has 1 amide bonds. The van der Waals surface area contributed by atoms with E-state index in [4.69, 9.17) is 9.47 Å². The Morgan fingerprint density at radius 3 is 2.45 bits per heavy atom. The van der Waals surface area contributed by atoms with Gasteiger partial charge in [-0.2, -0.15) is 0 Å². The fraction of sp³-hybridized carbons (Fsp3) is 0.611. The molecule has 1 aromatic rings. The molecule has 1 heterocycles. The van der Waals surface area contributed by atoms with Crippen LogP contribution in [0.5, 0.6) is 5.75 Å². The molecule has 0 radical (unpaired) electrons. The first-order valence-corrected chi connectivity index (χ1v) is 8.13. The minimum Gasteiger partial charge on any atom is -0.497 e. The van der Waals surface area contributed by atoms with E-state index in [0.29, 0.717) is 12.5 Å². The van der Waals surface area contributed by atoms with Crippen LogP contribution in [0.1, 0.15) is 38.7 Å². The van der Waals surface area contributed by atoms with E-state index in [0.717, 1.165) is 38.2 Å². The van der Waals surface area contributed by atoms with Crippen molar-refractivity contribution in [2.45, 2.75) is 51.6 Å². The summed E-state index contributed by atoms with van der Waals surface area (Å²) in [5.41, 5.74) is 1.17. The monoisotopic (exact) mass is 305 g/mol. The summed E-state index contributed by atoms with van der Waals surface area (Å²) in [6.07, 6.45) is 3.23. The quantitative estimate of drug-likeness (QED) is 0.811. The van der Waals surface area contributed by atoms with Crippen LogP contribution in [-0.4, -0.2) is 43.2 Å². The topological polar surface area (TPSA) is 38.8 Å². The second kappa shape index (κ2) is 8.18. The second-order valence-electron chi connectivity index (χ2n) is 6.09. The van der Waals surface area contributed by atoms with Crippen LogP contribution in [0.3, 0.4) is 0 Å². The van der Waals surface area contributed by atoms with Crippen molar-refractivity contribution < 1.29 is 14.3 Å². The molecule has 0 unspecified atom stereocenters. The molecule has 0 saturated carbocycles. The summed E-state index contributed by atoms with van der Waals surface area (Å²) < 4.78 is 10.6. The lowest BCUT2D eigenvalue weighted by atomic mass is 10.0. The van der Waals surface area contributed by atoms with Crippen molar-refractivity contribution in [3.8, 4) is 5.75 Å². The number of nitrogens with zero attached hydrogens (tertiary/aromatic N) is 1. The Morgan fingerprint density at radius 2 is 1.91 bits per heavy atom. The number of ether oxygens (including phenoxy) is 2. The van der Waals surface area contributed by atoms with Gasteiger partial charge in [0.2, 0.25) is 5.91 Å². The van der Waals surface area contributed by atoms with Crippen LogP contribution >= 0.6 is 0 Å². The molecule has 4 nitrogen and oxygen atoms in total. The number of benzene rings is 1. The minimum atomic E-state index is 0.242. The van der Waals surface area contributed by atoms with Gasteiger partial charge >= 0.3 is 0 Å². The van der Waals surface area contributed by atoms with Gasteiger partial charge < -0.3 is 14.4 Å². The highest BCUT2D eigenvalue weighted by Crippen LogP contribution is 2.19. The largest absolute Gasteiger partial charge is 0.497 e. The third-order valence-electron chi connectivity index (χ3n) is 4.22. The van der Waals surface area contributed by atoms with E-state index in [2.05, 4.69) is 18.7 Å². The van der Waals surface area contributed by atoms with Crippen LogP contribution in [-0.2, 0) is 16.0 Å². The standard InChI is InChI=1S/C18H27NO3/c1-14(2)19(16-10-12-22-13-11-16)18(20)9-6-15-4-7-17(21-3)8-5-15/h4-5,7-8,14,16H,6,9-13H2,1-3H3. The van der Waals surface area contributed by atoms with Gasteiger partial charge in [0.05, 0.1) is 7.11 Å². The molecular weight excluding hydrogens is 278 g/mol. The van der Waals surface area contributed by atoms with Gasteiger partial charge in [-0.1, -0.05) is 12.1 Å². The highest BCUT2D eigenvalue weighted by Gasteiger charge is 2.27. The Labute approximate surface area is 133 Å². The van der Waals surface area contributed by atoms with Crippen molar-refractivity contribution in [2.75, 3.05) is 20.3 Å². The molecule has 4 heteroatoms. The predicted molar refractivity (Wildman–Crippen MR) is 87.1 cm³/mol. The summed E-state index contributed by atoms with van der Waals surface area (Å²) >= 11 is 0. The van der Waals surface area contributed by atoms with Crippen LogP contribution < -0.4 is 4.74 Å². The zero-order chi connectivity index (χ0) is 15.9. The SMILES string of the molecule is COc1ccc(CCC(=O)N(C(C)C)C2CCOCC2)cc1. The number of rotatable bonds is 6. The van der Waals surface area contributed by atoms with E-state index in [1.54, 1.807) is 7.11 Å². The van der Waals surface area contributed by atoms with Gasteiger partial charge in [0.15, 0.2) is 0 Å². The smallest absolute Gasteiger partial charge is 0.223 e. The molecule has 1 aromatic carbocycles. The van der Waals surface area contributed by atoms with Crippen molar-refractivity contribution in [3.05, 3.63) is 29.8 Å². The molecule has 1 aliphatic heterocycles. The van der Waals surface area contributed by atoms with Crippen LogP contribution in [0.2, 0.25) is 0 Å². The maximum Gasteiger partial charge on any atom is 0.223 e. The molecule has 0 atom stereocenters. The Hall–Kier alpha value is -1.55. The average Bonchev–Trinajstić information content (AvgIpc) is 2.54. The van der Waals surface area contributed by atoms with E-state index < -0.39 is 0 Å². The molecule has 0 bridgehead atoms. The molecule has 122 valence electrons. The highest BCUT2D eigenvalue weighted by atomic mass is 16.5. The second-order valence-corrected chi connectivity index (χ2v) is 6.09. The summed E-state index contributed by atoms with van der Waals surface area (Å²) in [6.45, 7) is 5.72. The van der Waals surface area contributed by atoms with Crippen LogP contribution in [0.4, 0.5) is 0 Å². The average molecular weight is 305 g/mol. The first-order chi connectivity index (χ1) is 10.6. The Bertz CT molecular complexity index is 464. The van der Waals surface area contributed by atoms with Gasteiger partial charge in [-0.25, -0.2) is 0 Å². The highest BCUT2D eigenvalue weighted by molar-refractivity contribution is 5.77. The van der Waals surface area contributed by atoms with E-state index in [1.807, 2.05) is 24.3 Å². The number of carbonyl (C=O) groups is 1. The number of hydrogen-bond donors (Lipinski definition) is 0. The first-order valence-electron chi connectivity index (χ1n) is 8.13. The summed E-state index contributed by atoms with van der Waals surface area (Å²) in [5.74, 6) is 1.10. The molecule has 1 saturated heterocycles. The Kier molecular flexibility index (Phi) is 6.25. The molecule has 2 rings (SSSR count). The van der Waals surface area contributed by atoms with Crippen LogP contribution in [0.15, 0.2) is 24.3 Å². The normalized spacial score (nSPS) is 15.8. The fourth-order valence-electron chi connectivity index (χ4n) is 3.05. The first kappa shape index (κ1) is 16.8. The van der Waals surface area contributed by atoms with E-state index >= 15 is 0 Å². The van der Waals surface area contributed by atoms with Gasteiger partial charge in [-0.3, -0.25) is 4.79 Å². The molecule has 0 aromatic heterocycles. The van der Waals surface area contributed by atoms with Gasteiger partial charge in [0.25, 0.3) is 0 Å². The molecule has 22 heavy (non-hydrogen) atoms. The maximum atomic E-state index is 12.6. The van der Waals surface area contributed by atoms with E-state index in [9.17, 15) is 4.79 Å². The molecule has 1 aliphatic rings. The van der Waals surface area contributed by atoms with E-state index in [-0.39, 0.29) is 11.9 Å². The number of methoxy groups -OCH3 is 1. The van der Waals surface area contributed by atoms with Crippen LogP contribution in [0, 0.1) is 0 Å². The predicted octanol–water partition coefficient (Wildman–Crippen LogP) is 3.04. The molecule has 0 spiro atoms. The van der Waals surface area contributed by atoms with Gasteiger partial charge in [0.1, 0.15) is 5.75 Å². The van der Waals surface area contributed by atoms with Gasteiger partial charge in [-0.05, 0) is 50.8 Å². The Balaban J connectivity index is 1.92. The van der Waals surface area contributed by atoms with Crippen molar-refractivity contribution in [1.29, 1.82) is 0 Å². The van der Waals surface area contributed by atoms with Crippen molar-refractivity contribution in [3.63, 3.8) is 0 Å². The summed E-state index contributed by atoms with van der Waals surface area (Å²) in [7, 11) is 1.66. The number of aryl methyl sites for hydroxylation is 1. The number of amides is 1. The summed E-state index contributed by atoms with van der Waals surface area (Å²) in [4.78, 5) is 14.7.